The molecule has 0 unspecified atom stereocenters. The Kier molecular flexibility index (Phi) is 15.3. The van der Waals surface area contributed by atoms with E-state index in [9.17, 15) is 39.9 Å². The van der Waals surface area contributed by atoms with Gasteiger partial charge in [-0.25, -0.2) is 21.6 Å². The zero-order valence-electron chi connectivity index (χ0n) is 34.7. The molecular formula is C46H49ClF3N5O6S3. The van der Waals surface area contributed by atoms with Gasteiger partial charge in [-0.05, 0) is 109 Å². The van der Waals surface area contributed by atoms with E-state index in [-0.39, 0.29) is 11.5 Å². The van der Waals surface area contributed by atoms with Gasteiger partial charge in [-0.3, -0.25) is 4.79 Å². The summed E-state index contributed by atoms with van der Waals surface area (Å²) in [5, 5.41) is 18.4. The molecule has 340 valence electrons. The Bertz CT molecular complexity index is 2590. The summed E-state index contributed by atoms with van der Waals surface area (Å²) in [7, 11) is -10.9. The van der Waals surface area contributed by atoms with Crippen LogP contribution in [0.3, 0.4) is 0 Å². The highest BCUT2D eigenvalue weighted by Crippen LogP contribution is 2.39. The number of rotatable bonds is 16. The molecule has 0 aromatic heterocycles. The van der Waals surface area contributed by atoms with Crippen LogP contribution in [0.1, 0.15) is 41.3 Å². The first-order valence-electron chi connectivity index (χ1n) is 20.9. The fraction of sp³-hybridized carbons (Fsp3) is 0.326. The summed E-state index contributed by atoms with van der Waals surface area (Å²) in [5.41, 5.74) is -2.70. The predicted octanol–water partition coefficient (Wildman–Crippen LogP) is 8.24. The lowest BCUT2D eigenvalue weighted by Crippen LogP contribution is -2.44. The molecule has 0 saturated carbocycles. The zero-order valence-corrected chi connectivity index (χ0v) is 37.9. The van der Waals surface area contributed by atoms with Gasteiger partial charge in [-0.15, -0.1) is 11.8 Å². The number of carbonyl (C=O) groups is 1. The molecule has 0 radical (unpaired) electrons. The maximum Gasteiger partial charge on any atom is 0.501 e. The summed E-state index contributed by atoms with van der Waals surface area (Å²) in [4.78, 5) is 16.4. The normalized spacial score (nSPS) is 16.5. The molecule has 64 heavy (non-hydrogen) atoms. The van der Waals surface area contributed by atoms with Crippen molar-refractivity contribution in [3.05, 3.63) is 137 Å². The monoisotopic (exact) mass is 955 g/mol. The maximum atomic E-state index is 14.2. The zero-order chi connectivity index (χ0) is 45.5. The molecule has 2 aliphatic heterocycles. The Hall–Kier alpha value is -4.62. The Morgan fingerprint density at radius 2 is 1.50 bits per heavy atom. The van der Waals surface area contributed by atoms with Crippen LogP contribution in [0.4, 0.5) is 24.5 Å². The molecule has 4 N–H and O–H groups in total. The quantitative estimate of drug-likeness (QED) is 0.0710. The second-order valence-corrected chi connectivity index (χ2v) is 20.9. The fourth-order valence-electron chi connectivity index (χ4n) is 7.98. The van der Waals surface area contributed by atoms with E-state index in [1.807, 2.05) is 83.6 Å². The largest absolute Gasteiger partial charge is 0.501 e. The molecule has 7 rings (SSSR count). The van der Waals surface area contributed by atoms with Gasteiger partial charge in [-0.1, -0.05) is 66.2 Å². The van der Waals surface area contributed by atoms with Gasteiger partial charge in [0.15, 0.2) is 0 Å². The number of amides is 1. The first-order chi connectivity index (χ1) is 30.6. The smallest absolute Gasteiger partial charge is 0.388 e. The molecule has 18 heteroatoms. The number of sulfone groups is 1. The number of thioether (sulfide) groups is 1. The van der Waals surface area contributed by atoms with Gasteiger partial charge < -0.3 is 25.5 Å². The van der Waals surface area contributed by atoms with E-state index in [0.29, 0.717) is 55.7 Å². The van der Waals surface area contributed by atoms with E-state index < -0.39 is 58.9 Å². The molecule has 2 fully saturated rings. The van der Waals surface area contributed by atoms with Gasteiger partial charge in [0.2, 0.25) is 0 Å². The molecule has 5 aromatic rings. The van der Waals surface area contributed by atoms with Gasteiger partial charge in [0.25, 0.3) is 25.8 Å². The molecule has 2 saturated heterocycles. The van der Waals surface area contributed by atoms with E-state index >= 15 is 0 Å². The SMILES string of the molecule is O=C(NS(=O)(=O)c1ccc(N[C@H](CCN2CCNCC2)CSc2ccccc2)c(S(=O)(=O)C(F)(F)F)c1)c1ccc(N2CCC([C@@H](O)c3ccccc3-c3ccc(Cl)cc3)CC2)cc1. The Morgan fingerprint density at radius 1 is 0.844 bits per heavy atom. The van der Waals surface area contributed by atoms with Crippen molar-refractivity contribution >= 4 is 60.5 Å². The van der Waals surface area contributed by atoms with Crippen LogP contribution >= 0.6 is 23.4 Å². The average Bonchev–Trinajstić information content (AvgIpc) is 3.30. The minimum atomic E-state index is -6.06. The van der Waals surface area contributed by atoms with Gasteiger partial charge in [0, 0.05) is 78.8 Å². The molecule has 1 amide bonds. The number of piperidine rings is 1. The molecule has 2 heterocycles. The summed E-state index contributed by atoms with van der Waals surface area (Å²) < 4.78 is 97.5. The number of nitrogens with one attached hydrogen (secondary N) is 3. The number of hydrogen-bond donors (Lipinski definition) is 4. The van der Waals surface area contributed by atoms with Crippen LogP contribution in [-0.4, -0.2) is 95.9 Å². The molecular weight excluding hydrogens is 907 g/mol. The van der Waals surface area contributed by atoms with Crippen molar-refractivity contribution in [1.82, 2.24) is 14.9 Å². The molecule has 2 atom stereocenters. The van der Waals surface area contributed by atoms with Crippen LogP contribution < -0.4 is 20.3 Å². The number of aliphatic hydroxyl groups is 1. The molecule has 0 bridgehead atoms. The summed E-state index contributed by atoms with van der Waals surface area (Å²) in [6, 6.07) is 32.7. The lowest BCUT2D eigenvalue weighted by Gasteiger charge is -2.36. The third-order valence-corrected chi connectivity index (χ3v) is 15.8. The van der Waals surface area contributed by atoms with Crippen LogP contribution in [0.5, 0.6) is 0 Å². The summed E-state index contributed by atoms with van der Waals surface area (Å²) >= 11 is 7.55. The summed E-state index contributed by atoms with van der Waals surface area (Å²) in [6.07, 6.45) is 1.12. The first kappa shape index (κ1) is 47.3. The first-order valence-corrected chi connectivity index (χ1v) is 25.2. The van der Waals surface area contributed by atoms with E-state index in [1.54, 1.807) is 12.1 Å². The summed E-state index contributed by atoms with van der Waals surface area (Å²) in [5.74, 6) is -0.696. The maximum absolute atomic E-state index is 14.2. The van der Waals surface area contributed by atoms with Crippen molar-refractivity contribution in [1.29, 1.82) is 0 Å². The second-order valence-electron chi connectivity index (χ2n) is 15.8. The number of nitrogens with zero attached hydrogens (tertiary/aromatic N) is 2. The van der Waals surface area contributed by atoms with Gasteiger partial charge >= 0.3 is 5.51 Å². The predicted molar refractivity (Wildman–Crippen MR) is 246 cm³/mol. The van der Waals surface area contributed by atoms with Gasteiger partial charge in [0.05, 0.1) is 16.7 Å². The van der Waals surface area contributed by atoms with Crippen LogP contribution in [0.2, 0.25) is 5.02 Å². The van der Waals surface area contributed by atoms with Crippen LogP contribution in [0.15, 0.2) is 136 Å². The minimum absolute atomic E-state index is 0.0149. The highest BCUT2D eigenvalue weighted by molar-refractivity contribution is 7.99. The highest BCUT2D eigenvalue weighted by Gasteiger charge is 2.48. The Balaban J connectivity index is 1.02. The van der Waals surface area contributed by atoms with Crippen molar-refractivity contribution in [2.24, 2.45) is 5.92 Å². The third kappa shape index (κ3) is 11.6. The minimum Gasteiger partial charge on any atom is -0.388 e. The van der Waals surface area contributed by atoms with E-state index in [4.69, 9.17) is 11.6 Å². The lowest BCUT2D eigenvalue weighted by atomic mass is 9.84. The number of anilines is 2. The molecule has 5 aromatic carbocycles. The fourth-order valence-corrected chi connectivity index (χ4v) is 11.1. The number of alkyl halides is 3. The second kappa shape index (κ2) is 20.7. The number of sulfonamides is 1. The van der Waals surface area contributed by atoms with Crippen molar-refractivity contribution in [3.63, 3.8) is 0 Å². The molecule has 0 aliphatic carbocycles. The number of halogens is 4. The number of piperazine rings is 1. The van der Waals surface area contributed by atoms with Crippen molar-refractivity contribution in [2.45, 2.75) is 51.6 Å². The molecule has 0 spiro atoms. The van der Waals surface area contributed by atoms with E-state index in [1.165, 1.54) is 23.9 Å². The topological polar surface area (TPSA) is 148 Å². The number of hydrogen-bond acceptors (Lipinski definition) is 11. The number of benzene rings is 5. The van der Waals surface area contributed by atoms with Crippen molar-refractivity contribution in [2.75, 3.05) is 61.8 Å². The average molecular weight is 957 g/mol. The Morgan fingerprint density at radius 3 is 2.17 bits per heavy atom. The third-order valence-electron chi connectivity index (χ3n) is 11.6. The lowest BCUT2D eigenvalue weighted by molar-refractivity contribution is -0.0435. The van der Waals surface area contributed by atoms with Crippen molar-refractivity contribution < 1.29 is 39.9 Å². The van der Waals surface area contributed by atoms with Crippen LogP contribution in [0.25, 0.3) is 11.1 Å². The van der Waals surface area contributed by atoms with Gasteiger partial charge in [-0.2, -0.15) is 13.2 Å². The van der Waals surface area contributed by atoms with Crippen LogP contribution in [0, 0.1) is 5.92 Å². The summed E-state index contributed by atoms with van der Waals surface area (Å²) in [6.45, 7) is 4.96. The van der Waals surface area contributed by atoms with E-state index in [0.717, 1.165) is 65.6 Å². The number of carbonyl (C=O) groups excluding carboxylic acids is 1. The highest BCUT2D eigenvalue weighted by atomic mass is 35.5. The van der Waals surface area contributed by atoms with Crippen molar-refractivity contribution in [3.8, 4) is 11.1 Å². The van der Waals surface area contributed by atoms with Crippen LogP contribution in [-0.2, 0) is 19.9 Å². The molecule has 11 nitrogen and oxygen atoms in total. The van der Waals surface area contributed by atoms with E-state index in [2.05, 4.69) is 20.4 Å². The van der Waals surface area contributed by atoms with Gasteiger partial charge in [0.1, 0.15) is 4.90 Å². The molecule has 2 aliphatic rings. The number of aliphatic hydroxyl groups excluding tert-OH is 1. The Labute approximate surface area is 381 Å². The standard InChI is InChI=1S/C46H49ClF3N5O6S3/c47-35-14-10-32(11-15-35)40-8-4-5-9-41(40)44(56)33-20-26-55(27-21-33)37-16-12-34(13-17-37)45(57)53-64(60,61)39-18-19-42(43(30-39)63(58,59)46(48,49)50)52-36(22-25-54-28-23-51-24-29-54)31-62-38-6-2-1-3-7-38/h1-19,30,33,36,44,51-52,56H,20-29,31H2,(H,53,57)/t36-,44-/m1/s1.